The number of hydrogen-bond donors (Lipinski definition) is 1. The van der Waals surface area contributed by atoms with Crippen molar-refractivity contribution in [2.75, 3.05) is 13.2 Å². The van der Waals surface area contributed by atoms with Crippen molar-refractivity contribution in [1.82, 2.24) is 0 Å². The minimum atomic E-state index is -0.954. The van der Waals surface area contributed by atoms with Gasteiger partial charge in [-0.25, -0.2) is 0 Å². The molecule has 0 unspecified atom stereocenters. The first-order valence-electron chi connectivity index (χ1n) is 15.1. The van der Waals surface area contributed by atoms with Crippen molar-refractivity contribution in [1.29, 1.82) is 0 Å². The zero-order chi connectivity index (χ0) is 28.5. The first-order valence-corrected chi connectivity index (χ1v) is 15.1. The Morgan fingerprint density at radius 3 is 1.71 bits per heavy atom. The van der Waals surface area contributed by atoms with Crippen LogP contribution >= 0.6 is 0 Å². The van der Waals surface area contributed by atoms with Gasteiger partial charge in [-0.3, -0.25) is 0 Å². The van der Waals surface area contributed by atoms with Crippen LogP contribution < -0.4 is 0 Å². The van der Waals surface area contributed by atoms with Gasteiger partial charge in [0, 0.05) is 6.61 Å². The van der Waals surface area contributed by atoms with E-state index in [1.165, 1.54) is 25.7 Å². The van der Waals surface area contributed by atoms with E-state index in [0.29, 0.717) is 26.4 Å². The van der Waals surface area contributed by atoms with Crippen LogP contribution in [0.3, 0.4) is 0 Å². The Kier molecular flexibility index (Phi) is 13.8. The summed E-state index contributed by atoms with van der Waals surface area (Å²) in [6.45, 7) is 4.13. The van der Waals surface area contributed by atoms with Crippen LogP contribution in [0.5, 0.6) is 0 Å². The standard InChI is InChI=1S/C35H46O6/c1-2-3-4-5-6-16-23-38-35-34(40-26-30-21-14-9-15-22-30)33(39-25-29-19-12-8-13-20-29)32(36)31(41-35)27-37-24-28-17-10-7-11-18-28/h7-15,17-22,31-36H,2-6,16,23-27H2,1H3/t31-,32-,33+,34-,35-/m1/s1. The molecule has 41 heavy (non-hydrogen) atoms. The third kappa shape index (κ3) is 10.6. The molecule has 0 aliphatic carbocycles. The van der Waals surface area contributed by atoms with E-state index in [9.17, 15) is 5.11 Å². The van der Waals surface area contributed by atoms with Crippen LogP contribution in [0.25, 0.3) is 0 Å². The number of aliphatic hydroxyl groups is 1. The van der Waals surface area contributed by atoms with Crippen LogP contribution in [0.2, 0.25) is 0 Å². The molecule has 3 aromatic rings. The molecule has 1 fully saturated rings. The first kappa shape index (κ1) is 31.4. The molecule has 4 rings (SSSR count). The van der Waals surface area contributed by atoms with Gasteiger partial charge in [0.05, 0.1) is 26.4 Å². The Bertz CT molecular complexity index is 1060. The number of aliphatic hydroxyl groups excluding tert-OH is 1. The van der Waals surface area contributed by atoms with Crippen molar-refractivity contribution < 1.29 is 28.8 Å². The van der Waals surface area contributed by atoms with Gasteiger partial charge in [0.2, 0.25) is 0 Å². The minimum Gasteiger partial charge on any atom is -0.387 e. The maximum atomic E-state index is 11.5. The SMILES string of the molecule is CCCCCCCCO[C@@H]1O[C@H](COCc2ccccc2)[C@@H](O)[C@H](OCc2ccccc2)[C@H]1OCc1ccccc1. The summed E-state index contributed by atoms with van der Waals surface area (Å²) in [5.41, 5.74) is 3.12. The Labute approximate surface area is 245 Å². The van der Waals surface area contributed by atoms with Crippen molar-refractivity contribution in [2.24, 2.45) is 0 Å². The van der Waals surface area contributed by atoms with Gasteiger partial charge < -0.3 is 28.8 Å². The number of unbranched alkanes of at least 4 members (excludes halogenated alkanes) is 5. The highest BCUT2D eigenvalue weighted by Crippen LogP contribution is 2.29. The van der Waals surface area contributed by atoms with Gasteiger partial charge in [0.25, 0.3) is 0 Å². The van der Waals surface area contributed by atoms with E-state index in [0.717, 1.165) is 29.5 Å². The van der Waals surface area contributed by atoms with E-state index >= 15 is 0 Å². The second-order valence-electron chi connectivity index (χ2n) is 10.7. The second-order valence-corrected chi connectivity index (χ2v) is 10.7. The Morgan fingerprint density at radius 1 is 0.610 bits per heavy atom. The van der Waals surface area contributed by atoms with Gasteiger partial charge in [-0.1, -0.05) is 130 Å². The molecule has 1 heterocycles. The topological polar surface area (TPSA) is 66.4 Å². The number of rotatable bonds is 18. The molecule has 0 saturated carbocycles. The molecule has 1 aliphatic rings. The molecular weight excluding hydrogens is 516 g/mol. The van der Waals surface area contributed by atoms with Crippen molar-refractivity contribution in [2.45, 2.75) is 96.0 Å². The predicted octanol–water partition coefficient (Wildman–Crippen LogP) is 6.84. The smallest absolute Gasteiger partial charge is 0.186 e. The highest BCUT2D eigenvalue weighted by Gasteiger charge is 2.47. The summed E-state index contributed by atoms with van der Waals surface area (Å²) in [6.07, 6.45) is 3.48. The van der Waals surface area contributed by atoms with Gasteiger partial charge in [0.15, 0.2) is 6.29 Å². The van der Waals surface area contributed by atoms with Crippen molar-refractivity contribution >= 4 is 0 Å². The molecule has 222 valence electrons. The Balaban J connectivity index is 1.45. The number of benzene rings is 3. The Morgan fingerprint density at radius 2 is 1.12 bits per heavy atom. The number of hydrogen-bond acceptors (Lipinski definition) is 6. The van der Waals surface area contributed by atoms with E-state index < -0.39 is 30.7 Å². The molecule has 1 aliphatic heterocycles. The maximum Gasteiger partial charge on any atom is 0.186 e. The Hall–Kier alpha value is -2.58. The zero-order valence-electron chi connectivity index (χ0n) is 24.3. The van der Waals surface area contributed by atoms with Crippen LogP contribution in [0.4, 0.5) is 0 Å². The molecule has 3 aromatic carbocycles. The summed E-state index contributed by atoms with van der Waals surface area (Å²) in [5.74, 6) is 0. The molecule has 0 spiro atoms. The zero-order valence-corrected chi connectivity index (χ0v) is 24.3. The lowest BCUT2D eigenvalue weighted by Crippen LogP contribution is -2.61. The predicted molar refractivity (Wildman–Crippen MR) is 160 cm³/mol. The van der Waals surface area contributed by atoms with E-state index in [1.807, 2.05) is 91.0 Å². The molecule has 5 atom stereocenters. The lowest BCUT2D eigenvalue weighted by molar-refractivity contribution is -0.321. The van der Waals surface area contributed by atoms with Crippen LogP contribution in [-0.2, 0) is 43.5 Å². The molecule has 1 N–H and O–H groups in total. The minimum absolute atomic E-state index is 0.212. The summed E-state index contributed by atoms with van der Waals surface area (Å²) in [5, 5.41) is 11.5. The van der Waals surface area contributed by atoms with Gasteiger partial charge in [-0.2, -0.15) is 0 Å². The van der Waals surface area contributed by atoms with Crippen LogP contribution in [0.1, 0.15) is 62.1 Å². The average molecular weight is 563 g/mol. The molecule has 0 aromatic heterocycles. The summed E-state index contributed by atoms with van der Waals surface area (Å²) in [4.78, 5) is 0. The van der Waals surface area contributed by atoms with Crippen molar-refractivity contribution in [3.63, 3.8) is 0 Å². The van der Waals surface area contributed by atoms with E-state index in [2.05, 4.69) is 6.92 Å². The molecule has 0 radical (unpaired) electrons. The third-order valence-electron chi connectivity index (χ3n) is 7.36. The summed E-state index contributed by atoms with van der Waals surface area (Å²) >= 11 is 0. The van der Waals surface area contributed by atoms with Crippen LogP contribution in [0.15, 0.2) is 91.0 Å². The molecule has 6 nitrogen and oxygen atoms in total. The van der Waals surface area contributed by atoms with Crippen LogP contribution in [0, 0.1) is 0 Å². The average Bonchev–Trinajstić information content (AvgIpc) is 3.02. The lowest BCUT2D eigenvalue weighted by Gasteiger charge is -2.44. The summed E-state index contributed by atoms with van der Waals surface area (Å²) in [7, 11) is 0. The lowest BCUT2D eigenvalue weighted by atomic mass is 9.98. The fraction of sp³-hybridized carbons (Fsp3) is 0.486. The maximum absolute atomic E-state index is 11.5. The molecular formula is C35H46O6. The first-order chi connectivity index (χ1) is 20.2. The number of ether oxygens (including phenoxy) is 5. The van der Waals surface area contributed by atoms with Gasteiger partial charge >= 0.3 is 0 Å². The normalized spacial score (nSPS) is 22.5. The largest absolute Gasteiger partial charge is 0.387 e. The van der Waals surface area contributed by atoms with Crippen LogP contribution in [-0.4, -0.2) is 49.0 Å². The monoisotopic (exact) mass is 562 g/mol. The highest BCUT2D eigenvalue weighted by atomic mass is 16.7. The van der Waals surface area contributed by atoms with Crippen molar-refractivity contribution in [3.8, 4) is 0 Å². The van der Waals surface area contributed by atoms with Gasteiger partial charge in [-0.05, 0) is 23.1 Å². The fourth-order valence-electron chi connectivity index (χ4n) is 5.01. The molecule has 6 heteroatoms. The highest BCUT2D eigenvalue weighted by molar-refractivity contribution is 5.15. The fourth-order valence-corrected chi connectivity index (χ4v) is 5.01. The van der Waals surface area contributed by atoms with Gasteiger partial charge in [0.1, 0.15) is 24.4 Å². The summed E-state index contributed by atoms with van der Waals surface area (Å²) in [6, 6.07) is 29.9. The quantitative estimate of drug-likeness (QED) is 0.171. The van der Waals surface area contributed by atoms with Crippen molar-refractivity contribution in [3.05, 3.63) is 108 Å². The molecule has 1 saturated heterocycles. The molecule has 0 amide bonds. The van der Waals surface area contributed by atoms with Gasteiger partial charge in [-0.15, -0.1) is 0 Å². The molecule has 0 bridgehead atoms. The van der Waals surface area contributed by atoms with E-state index in [-0.39, 0.29) is 6.61 Å². The third-order valence-corrected chi connectivity index (χ3v) is 7.36. The van der Waals surface area contributed by atoms with E-state index in [1.54, 1.807) is 0 Å². The summed E-state index contributed by atoms with van der Waals surface area (Å²) < 4.78 is 31.5. The van der Waals surface area contributed by atoms with E-state index in [4.69, 9.17) is 23.7 Å². The second kappa shape index (κ2) is 18.1.